The van der Waals surface area contributed by atoms with E-state index in [1.54, 1.807) is 12.1 Å². The van der Waals surface area contributed by atoms with Gasteiger partial charge in [0.25, 0.3) is 0 Å². The molecule has 1 aromatic rings. The van der Waals surface area contributed by atoms with Crippen molar-refractivity contribution in [1.29, 1.82) is 0 Å². The Morgan fingerprint density at radius 2 is 2.10 bits per heavy atom. The van der Waals surface area contributed by atoms with E-state index in [-0.39, 0.29) is 23.1 Å². The maximum absolute atomic E-state index is 12.1. The molecule has 0 spiro atoms. The van der Waals surface area contributed by atoms with E-state index in [0.717, 1.165) is 0 Å². The van der Waals surface area contributed by atoms with Crippen LogP contribution in [0, 0.1) is 0 Å². The molecule has 0 aliphatic rings. The second-order valence-electron chi connectivity index (χ2n) is 4.16. The molecule has 20 heavy (non-hydrogen) atoms. The van der Waals surface area contributed by atoms with Crippen molar-refractivity contribution in [1.82, 2.24) is 5.32 Å². The van der Waals surface area contributed by atoms with E-state index in [1.165, 1.54) is 12.1 Å². The van der Waals surface area contributed by atoms with E-state index in [1.807, 2.05) is 0 Å². The number of aliphatic hydroxyl groups is 1. The molecule has 8 heteroatoms. The van der Waals surface area contributed by atoms with Gasteiger partial charge in [-0.2, -0.15) is 0 Å². The van der Waals surface area contributed by atoms with Crippen molar-refractivity contribution in [2.45, 2.75) is 11.3 Å². The van der Waals surface area contributed by atoms with Gasteiger partial charge in [0, 0.05) is 18.7 Å². The first kappa shape index (κ1) is 16.4. The number of sulfone groups is 1. The Morgan fingerprint density at radius 1 is 1.35 bits per heavy atom. The lowest BCUT2D eigenvalue weighted by Crippen LogP contribution is -2.24. The van der Waals surface area contributed by atoms with Gasteiger partial charge in [-0.05, 0) is 25.1 Å². The zero-order chi connectivity index (χ0) is 15.0. The minimum atomic E-state index is -3.43. The third-order valence-electron chi connectivity index (χ3n) is 2.66. The molecule has 0 heterocycles. The summed E-state index contributed by atoms with van der Waals surface area (Å²) < 4.78 is 24.2. The van der Waals surface area contributed by atoms with Gasteiger partial charge >= 0.3 is 0 Å². The highest BCUT2D eigenvalue weighted by molar-refractivity contribution is 7.91. The molecule has 0 saturated heterocycles. The lowest BCUT2D eigenvalue weighted by Gasteiger charge is -2.07. The third-order valence-corrected chi connectivity index (χ3v) is 4.37. The average Bonchev–Trinajstić information content (AvgIpc) is 2.46. The highest BCUT2D eigenvalue weighted by Crippen LogP contribution is 2.13. The van der Waals surface area contributed by atoms with E-state index in [4.69, 9.17) is 16.0 Å². The molecule has 0 amide bonds. The highest BCUT2D eigenvalue weighted by atomic mass is 32.2. The Kier molecular flexibility index (Phi) is 6.43. The first-order valence-electron chi connectivity index (χ1n) is 6.13. The van der Waals surface area contributed by atoms with E-state index in [2.05, 4.69) is 10.5 Å². The molecule has 0 aliphatic heterocycles. The Hall–Kier alpha value is -1.64. The quantitative estimate of drug-likeness (QED) is 0.169. The van der Waals surface area contributed by atoms with E-state index in [0.29, 0.717) is 25.1 Å². The maximum atomic E-state index is 12.1. The van der Waals surface area contributed by atoms with Crippen LogP contribution in [0.3, 0.4) is 0 Å². The van der Waals surface area contributed by atoms with Crippen LogP contribution in [0.4, 0.5) is 0 Å². The summed E-state index contributed by atoms with van der Waals surface area (Å²) >= 11 is 0. The van der Waals surface area contributed by atoms with Crippen molar-refractivity contribution in [3.63, 3.8) is 0 Å². The minimum absolute atomic E-state index is 0.0575. The second kappa shape index (κ2) is 7.83. The highest BCUT2D eigenvalue weighted by Gasteiger charge is 2.15. The average molecular weight is 301 g/mol. The van der Waals surface area contributed by atoms with Gasteiger partial charge in [-0.3, -0.25) is 0 Å². The van der Waals surface area contributed by atoms with Gasteiger partial charge in [0.2, 0.25) is 0 Å². The van der Waals surface area contributed by atoms with Crippen LogP contribution in [0.2, 0.25) is 0 Å². The van der Waals surface area contributed by atoms with Gasteiger partial charge in [-0.1, -0.05) is 17.3 Å². The lowest BCUT2D eigenvalue weighted by molar-refractivity contribution is 0.286. The predicted octanol–water partition coefficient (Wildman–Crippen LogP) is -0.473. The fourth-order valence-corrected chi connectivity index (χ4v) is 2.80. The third kappa shape index (κ3) is 4.80. The first-order valence-corrected chi connectivity index (χ1v) is 7.79. The molecule has 112 valence electrons. The minimum Gasteiger partial charge on any atom is -0.409 e. The van der Waals surface area contributed by atoms with Gasteiger partial charge in [0.15, 0.2) is 15.7 Å². The summed E-state index contributed by atoms with van der Waals surface area (Å²) in [4.78, 5) is 0.130. The number of rotatable bonds is 8. The van der Waals surface area contributed by atoms with Crippen LogP contribution in [0.1, 0.15) is 12.0 Å². The lowest BCUT2D eigenvalue weighted by atomic mass is 10.2. The van der Waals surface area contributed by atoms with Crippen LogP contribution in [0.25, 0.3) is 0 Å². The molecule has 0 aromatic heterocycles. The SMILES string of the molecule is N/C(=N/O)c1cccc(S(=O)(=O)CCNCCCO)c1. The molecule has 5 N–H and O–H groups in total. The molecule has 7 nitrogen and oxygen atoms in total. The molecule has 1 aromatic carbocycles. The Morgan fingerprint density at radius 3 is 2.75 bits per heavy atom. The molecule has 0 radical (unpaired) electrons. The van der Waals surface area contributed by atoms with E-state index in [9.17, 15) is 8.42 Å². The molecule has 1 rings (SSSR count). The van der Waals surface area contributed by atoms with Crippen molar-refractivity contribution in [3.8, 4) is 0 Å². The van der Waals surface area contributed by atoms with Gasteiger partial charge < -0.3 is 21.4 Å². The second-order valence-corrected chi connectivity index (χ2v) is 6.27. The normalized spacial score (nSPS) is 12.6. The van der Waals surface area contributed by atoms with Crippen LogP contribution in [0.15, 0.2) is 34.3 Å². The summed E-state index contributed by atoms with van der Waals surface area (Å²) in [5, 5.41) is 23.0. The molecule has 0 fully saturated rings. The first-order chi connectivity index (χ1) is 9.51. The van der Waals surface area contributed by atoms with Crippen molar-refractivity contribution >= 4 is 15.7 Å². The summed E-state index contributed by atoms with van der Waals surface area (Å²) in [6.45, 7) is 0.938. The van der Waals surface area contributed by atoms with Gasteiger partial charge in [0.05, 0.1) is 10.6 Å². The maximum Gasteiger partial charge on any atom is 0.179 e. The molecule has 0 unspecified atom stereocenters. The molecule has 0 atom stereocenters. The number of nitrogens with zero attached hydrogens (tertiary/aromatic N) is 1. The molecular weight excluding hydrogens is 282 g/mol. The van der Waals surface area contributed by atoms with Crippen molar-refractivity contribution < 1.29 is 18.7 Å². The predicted molar refractivity (Wildman–Crippen MR) is 75.6 cm³/mol. The number of aliphatic hydroxyl groups excluding tert-OH is 1. The van der Waals surface area contributed by atoms with Gasteiger partial charge in [-0.15, -0.1) is 0 Å². The zero-order valence-corrected chi connectivity index (χ0v) is 11.8. The number of hydrogen-bond acceptors (Lipinski definition) is 6. The fourth-order valence-electron chi connectivity index (χ4n) is 1.56. The van der Waals surface area contributed by atoms with Crippen LogP contribution < -0.4 is 11.1 Å². The van der Waals surface area contributed by atoms with E-state index >= 15 is 0 Å². The van der Waals surface area contributed by atoms with Crippen molar-refractivity contribution in [3.05, 3.63) is 29.8 Å². The Balaban J connectivity index is 2.72. The molecular formula is C12H19N3O4S. The van der Waals surface area contributed by atoms with Crippen molar-refractivity contribution in [2.24, 2.45) is 10.9 Å². The Bertz CT molecular complexity index is 558. The summed E-state index contributed by atoms with van der Waals surface area (Å²) in [6, 6.07) is 5.95. The largest absolute Gasteiger partial charge is 0.409 e. The molecule has 0 saturated carbocycles. The summed E-state index contributed by atoms with van der Waals surface area (Å²) in [7, 11) is -3.43. The standard InChI is InChI=1S/C12H19N3O4S/c13-12(15-17)10-3-1-4-11(9-10)20(18,19)8-6-14-5-2-7-16/h1,3-4,9,14,16-17H,2,5-8H2,(H2,13,15). The fraction of sp³-hybridized carbons (Fsp3) is 0.417. The number of nitrogens with one attached hydrogen (secondary N) is 1. The number of hydrogen-bond donors (Lipinski definition) is 4. The molecule has 0 bridgehead atoms. The monoisotopic (exact) mass is 301 g/mol. The number of nitrogens with two attached hydrogens (primary N) is 1. The van der Waals surface area contributed by atoms with Crippen molar-refractivity contribution in [2.75, 3.05) is 25.4 Å². The zero-order valence-electron chi connectivity index (χ0n) is 11.0. The topological polar surface area (TPSA) is 125 Å². The summed E-state index contributed by atoms with van der Waals surface area (Å²) in [5.41, 5.74) is 5.78. The van der Waals surface area contributed by atoms with Crippen LogP contribution in [-0.4, -0.2) is 50.0 Å². The smallest absolute Gasteiger partial charge is 0.179 e. The Labute approximate surface area is 118 Å². The van der Waals surface area contributed by atoms with E-state index < -0.39 is 9.84 Å². The van der Waals surface area contributed by atoms with Crippen LogP contribution in [0.5, 0.6) is 0 Å². The number of benzene rings is 1. The number of oxime groups is 1. The summed E-state index contributed by atoms with van der Waals surface area (Å²) in [6.07, 6.45) is 0.582. The summed E-state index contributed by atoms with van der Waals surface area (Å²) in [5.74, 6) is -0.193. The molecule has 0 aliphatic carbocycles. The van der Waals surface area contributed by atoms with Gasteiger partial charge in [0.1, 0.15) is 0 Å². The number of amidine groups is 1. The van der Waals surface area contributed by atoms with Gasteiger partial charge in [-0.25, -0.2) is 8.42 Å². The van der Waals surface area contributed by atoms with Crippen LogP contribution >= 0.6 is 0 Å². The van der Waals surface area contributed by atoms with Crippen LogP contribution in [-0.2, 0) is 9.84 Å².